The van der Waals surface area contributed by atoms with Crippen LogP contribution in [0.15, 0.2) is 36.5 Å². The van der Waals surface area contributed by atoms with Gasteiger partial charge in [-0.25, -0.2) is 4.98 Å². The molecule has 0 saturated heterocycles. The molecule has 1 aromatic heterocycles. The Kier molecular flexibility index (Phi) is 4.19. The maximum absolute atomic E-state index is 10.6. The summed E-state index contributed by atoms with van der Waals surface area (Å²) >= 11 is 11.8. The molecule has 0 unspecified atom stereocenters. The largest absolute Gasteiger partial charge is 0.487 e. The number of rotatable bonds is 4. The second-order valence-electron chi connectivity index (χ2n) is 3.61. The number of halogens is 2. The molecular formula is C12H8Cl2N2O3. The summed E-state index contributed by atoms with van der Waals surface area (Å²) in [6.07, 6.45) is 1.57. The minimum atomic E-state index is -0.520. The van der Waals surface area contributed by atoms with Gasteiger partial charge in [-0.15, -0.1) is 0 Å². The fourth-order valence-electron chi connectivity index (χ4n) is 1.40. The van der Waals surface area contributed by atoms with Gasteiger partial charge in [0.15, 0.2) is 0 Å². The van der Waals surface area contributed by atoms with Crippen LogP contribution in [0.2, 0.25) is 10.2 Å². The highest BCUT2D eigenvalue weighted by molar-refractivity contribution is 6.32. The summed E-state index contributed by atoms with van der Waals surface area (Å²) in [7, 11) is 0. The third-order valence-electron chi connectivity index (χ3n) is 2.35. The van der Waals surface area contributed by atoms with Gasteiger partial charge in [-0.3, -0.25) is 10.1 Å². The maximum atomic E-state index is 10.6. The summed E-state index contributed by atoms with van der Waals surface area (Å²) < 4.78 is 5.46. The molecular weight excluding hydrogens is 291 g/mol. The first-order valence-corrected chi connectivity index (χ1v) is 5.99. The Balaban J connectivity index is 2.12. The predicted molar refractivity (Wildman–Crippen MR) is 71.7 cm³/mol. The molecule has 5 nitrogen and oxygen atoms in total. The van der Waals surface area contributed by atoms with E-state index < -0.39 is 4.92 Å². The van der Waals surface area contributed by atoms with Gasteiger partial charge in [-0.2, -0.15) is 0 Å². The number of hydrogen-bond donors (Lipinski definition) is 0. The van der Waals surface area contributed by atoms with E-state index in [0.717, 1.165) is 0 Å². The van der Waals surface area contributed by atoms with Gasteiger partial charge in [0.05, 0.1) is 9.95 Å². The van der Waals surface area contributed by atoms with E-state index in [1.165, 1.54) is 18.2 Å². The molecule has 0 amide bonds. The van der Waals surface area contributed by atoms with Crippen LogP contribution in [0.5, 0.6) is 5.75 Å². The number of hydrogen-bond acceptors (Lipinski definition) is 4. The molecule has 1 heterocycles. The molecule has 7 heteroatoms. The van der Waals surface area contributed by atoms with E-state index in [-0.39, 0.29) is 17.3 Å². The first-order valence-electron chi connectivity index (χ1n) is 5.24. The van der Waals surface area contributed by atoms with Crippen LogP contribution in [0.4, 0.5) is 5.69 Å². The molecule has 0 spiro atoms. The fraction of sp³-hybridized carbons (Fsp3) is 0.0833. The Morgan fingerprint density at radius 3 is 2.74 bits per heavy atom. The van der Waals surface area contributed by atoms with Crippen molar-refractivity contribution >= 4 is 28.9 Å². The molecule has 0 saturated carbocycles. The van der Waals surface area contributed by atoms with E-state index in [9.17, 15) is 10.1 Å². The van der Waals surface area contributed by atoms with E-state index in [0.29, 0.717) is 16.5 Å². The van der Waals surface area contributed by atoms with Crippen LogP contribution < -0.4 is 4.74 Å². The molecule has 0 radical (unpaired) electrons. The lowest BCUT2D eigenvalue weighted by atomic mass is 10.3. The summed E-state index contributed by atoms with van der Waals surface area (Å²) in [5.74, 6) is 0.354. The topological polar surface area (TPSA) is 65.3 Å². The molecule has 0 atom stereocenters. The summed E-state index contributed by atoms with van der Waals surface area (Å²) in [4.78, 5) is 14.0. The maximum Gasteiger partial charge on any atom is 0.271 e. The highest BCUT2D eigenvalue weighted by Crippen LogP contribution is 2.29. The quantitative estimate of drug-likeness (QED) is 0.488. The minimum Gasteiger partial charge on any atom is -0.487 e. The SMILES string of the molecule is O=[N+]([O-])c1ccc(OCc2cccnc2Cl)c(Cl)c1. The van der Waals surface area contributed by atoms with Crippen molar-refractivity contribution in [3.05, 3.63) is 62.4 Å². The third kappa shape index (κ3) is 3.33. The van der Waals surface area contributed by atoms with Gasteiger partial charge in [0.25, 0.3) is 5.69 Å². The molecule has 2 aromatic rings. The summed E-state index contributed by atoms with van der Waals surface area (Å²) in [5, 5.41) is 11.1. The lowest BCUT2D eigenvalue weighted by molar-refractivity contribution is -0.384. The summed E-state index contributed by atoms with van der Waals surface area (Å²) in [6.45, 7) is 0.185. The Morgan fingerprint density at radius 1 is 1.32 bits per heavy atom. The van der Waals surface area contributed by atoms with Crippen LogP contribution in [0.1, 0.15) is 5.56 Å². The van der Waals surface area contributed by atoms with Crippen LogP contribution in [-0.4, -0.2) is 9.91 Å². The van der Waals surface area contributed by atoms with E-state index in [4.69, 9.17) is 27.9 Å². The molecule has 0 aliphatic carbocycles. The fourth-order valence-corrected chi connectivity index (χ4v) is 1.81. The number of pyridine rings is 1. The zero-order valence-electron chi connectivity index (χ0n) is 9.55. The van der Waals surface area contributed by atoms with Crippen LogP contribution in [0.3, 0.4) is 0 Å². The van der Waals surface area contributed by atoms with Gasteiger partial charge in [0, 0.05) is 23.9 Å². The van der Waals surface area contributed by atoms with E-state index >= 15 is 0 Å². The van der Waals surface area contributed by atoms with Crippen LogP contribution >= 0.6 is 23.2 Å². The lowest BCUT2D eigenvalue weighted by Gasteiger charge is -2.08. The molecule has 0 aliphatic heterocycles. The van der Waals surface area contributed by atoms with Crippen molar-refractivity contribution in [2.24, 2.45) is 0 Å². The molecule has 0 N–H and O–H groups in total. The Hall–Kier alpha value is -1.85. The van der Waals surface area contributed by atoms with Gasteiger partial charge >= 0.3 is 0 Å². The average Bonchev–Trinajstić information content (AvgIpc) is 2.39. The zero-order valence-corrected chi connectivity index (χ0v) is 11.1. The van der Waals surface area contributed by atoms with Gasteiger partial charge in [0.1, 0.15) is 17.5 Å². The molecule has 0 fully saturated rings. The molecule has 19 heavy (non-hydrogen) atoms. The molecule has 2 rings (SSSR count). The molecule has 1 aromatic carbocycles. The first kappa shape index (κ1) is 13.6. The number of nitrogens with zero attached hydrogens (tertiary/aromatic N) is 2. The Bertz CT molecular complexity index is 620. The van der Waals surface area contributed by atoms with Crippen molar-refractivity contribution < 1.29 is 9.66 Å². The van der Waals surface area contributed by atoms with E-state index in [1.54, 1.807) is 18.3 Å². The second-order valence-corrected chi connectivity index (χ2v) is 4.38. The summed E-state index contributed by atoms with van der Waals surface area (Å²) in [6, 6.07) is 7.52. The third-order valence-corrected chi connectivity index (χ3v) is 2.98. The Labute approximate surface area is 118 Å². The highest BCUT2D eigenvalue weighted by atomic mass is 35.5. The minimum absolute atomic E-state index is 0.0863. The van der Waals surface area contributed by atoms with Crippen molar-refractivity contribution in [1.82, 2.24) is 4.98 Å². The standard InChI is InChI=1S/C12H8Cl2N2O3/c13-10-6-9(16(17)18)3-4-11(10)19-7-8-2-1-5-15-12(8)14/h1-6H,7H2. The number of benzene rings is 1. The number of aromatic nitrogens is 1. The normalized spacial score (nSPS) is 10.2. The van der Waals surface area contributed by atoms with Crippen molar-refractivity contribution in [3.63, 3.8) is 0 Å². The van der Waals surface area contributed by atoms with Crippen LogP contribution in [-0.2, 0) is 6.61 Å². The Morgan fingerprint density at radius 2 is 2.11 bits per heavy atom. The zero-order chi connectivity index (χ0) is 13.8. The smallest absolute Gasteiger partial charge is 0.271 e. The summed E-state index contributed by atoms with van der Waals surface area (Å²) in [5.41, 5.74) is 0.621. The van der Waals surface area contributed by atoms with Gasteiger partial charge in [-0.05, 0) is 12.1 Å². The van der Waals surface area contributed by atoms with Crippen molar-refractivity contribution in [1.29, 1.82) is 0 Å². The monoisotopic (exact) mass is 298 g/mol. The lowest BCUT2D eigenvalue weighted by Crippen LogP contribution is -1.98. The van der Waals surface area contributed by atoms with Gasteiger partial charge < -0.3 is 4.74 Å². The number of non-ortho nitro benzene ring substituents is 1. The second kappa shape index (κ2) is 5.86. The average molecular weight is 299 g/mol. The number of ether oxygens (including phenoxy) is 1. The van der Waals surface area contributed by atoms with Crippen LogP contribution in [0.25, 0.3) is 0 Å². The van der Waals surface area contributed by atoms with Gasteiger partial charge in [0.2, 0.25) is 0 Å². The molecule has 98 valence electrons. The van der Waals surface area contributed by atoms with E-state index in [1.807, 2.05) is 0 Å². The molecule has 0 aliphatic rings. The highest BCUT2D eigenvalue weighted by Gasteiger charge is 2.11. The van der Waals surface area contributed by atoms with Crippen LogP contribution in [0, 0.1) is 10.1 Å². The first-order chi connectivity index (χ1) is 9.08. The van der Waals surface area contributed by atoms with Crippen molar-refractivity contribution in [2.45, 2.75) is 6.61 Å². The molecule has 0 bridgehead atoms. The predicted octanol–water partition coefficient (Wildman–Crippen LogP) is 3.88. The van der Waals surface area contributed by atoms with E-state index in [2.05, 4.69) is 4.98 Å². The van der Waals surface area contributed by atoms with Gasteiger partial charge in [-0.1, -0.05) is 29.3 Å². The number of nitro groups is 1. The van der Waals surface area contributed by atoms with Crippen molar-refractivity contribution in [2.75, 3.05) is 0 Å². The number of nitro benzene ring substituents is 1. The van der Waals surface area contributed by atoms with Crippen molar-refractivity contribution in [3.8, 4) is 5.75 Å².